The molecule has 0 saturated carbocycles. The highest BCUT2D eigenvalue weighted by Gasteiger charge is 2.23. The van der Waals surface area contributed by atoms with E-state index in [1.165, 1.54) is 0 Å². The first kappa shape index (κ1) is 26.6. The van der Waals surface area contributed by atoms with Gasteiger partial charge in [0.1, 0.15) is 12.0 Å². The number of furan rings is 1. The number of hydrogen-bond acceptors (Lipinski definition) is 3. The highest BCUT2D eigenvalue weighted by atomic mass is 79.9. The van der Waals surface area contributed by atoms with Crippen LogP contribution in [0, 0.1) is 0 Å². The lowest BCUT2D eigenvalue weighted by Crippen LogP contribution is -2.27. The quantitative estimate of drug-likeness (QED) is 0.185. The summed E-state index contributed by atoms with van der Waals surface area (Å²) in [6.45, 7) is 4.38. The molecule has 196 valence electrons. The van der Waals surface area contributed by atoms with Crippen LogP contribution in [0.25, 0.3) is 6.08 Å². The topological polar surface area (TPSA) is 19.6 Å². The van der Waals surface area contributed by atoms with E-state index in [4.69, 9.17) is 4.42 Å². The maximum atomic E-state index is 6.08. The van der Waals surface area contributed by atoms with Crippen molar-refractivity contribution in [1.82, 2.24) is 0 Å². The van der Waals surface area contributed by atoms with E-state index in [0.29, 0.717) is 0 Å². The van der Waals surface area contributed by atoms with Crippen LogP contribution in [0.5, 0.6) is 0 Å². The predicted molar refractivity (Wildman–Crippen MR) is 170 cm³/mol. The summed E-state index contributed by atoms with van der Waals surface area (Å²) in [4.78, 5) is 4.65. The minimum absolute atomic E-state index is 0.116. The predicted octanol–water partition coefficient (Wildman–Crippen LogP) is 10.7. The fourth-order valence-electron chi connectivity index (χ4n) is 4.86. The Morgan fingerprint density at radius 1 is 0.872 bits per heavy atom. The fraction of sp³-hybridized carbons (Fsp3) is 0.143. The molecule has 0 spiro atoms. The molecule has 0 aliphatic heterocycles. The third-order valence-electron chi connectivity index (χ3n) is 6.72. The Balaban J connectivity index is 1.63. The number of anilines is 5. The Kier molecular flexibility index (Phi) is 8.65. The van der Waals surface area contributed by atoms with Crippen LogP contribution in [0.3, 0.4) is 0 Å². The van der Waals surface area contributed by atoms with E-state index in [1.54, 1.807) is 0 Å². The van der Waals surface area contributed by atoms with Gasteiger partial charge in [-0.3, -0.25) is 0 Å². The van der Waals surface area contributed by atoms with Gasteiger partial charge in [-0.15, -0.1) is 0 Å². The summed E-state index contributed by atoms with van der Waals surface area (Å²) in [6, 6.07) is 27.7. The molecular formula is C35H33BrN2O. The van der Waals surface area contributed by atoms with E-state index in [1.807, 2.05) is 12.3 Å². The van der Waals surface area contributed by atoms with Gasteiger partial charge >= 0.3 is 0 Å². The van der Waals surface area contributed by atoms with E-state index in [9.17, 15) is 0 Å². The van der Waals surface area contributed by atoms with Crippen LogP contribution in [0.4, 0.5) is 28.4 Å². The van der Waals surface area contributed by atoms with Gasteiger partial charge in [0.25, 0.3) is 0 Å². The number of allylic oxidation sites excluding steroid dienone is 6. The number of nitrogens with zero attached hydrogens (tertiary/aromatic N) is 2. The molecule has 0 saturated heterocycles. The first-order valence-corrected chi connectivity index (χ1v) is 14.2. The molecular weight excluding hydrogens is 544 g/mol. The largest absolute Gasteiger partial charge is 0.466 e. The van der Waals surface area contributed by atoms with Crippen LogP contribution >= 0.6 is 15.9 Å². The third-order valence-corrected chi connectivity index (χ3v) is 7.39. The maximum Gasteiger partial charge on any atom is 0.116 e. The zero-order valence-electron chi connectivity index (χ0n) is 22.4. The molecule has 0 fully saturated rings. The second-order valence-corrected chi connectivity index (χ2v) is 10.3. The van der Waals surface area contributed by atoms with Crippen molar-refractivity contribution in [3.05, 3.63) is 143 Å². The zero-order chi connectivity index (χ0) is 27.0. The minimum atomic E-state index is 0.116. The number of rotatable bonds is 9. The Morgan fingerprint density at radius 3 is 2.46 bits per heavy atom. The molecule has 3 nitrogen and oxygen atoms in total. The lowest BCUT2D eigenvalue weighted by Gasteiger charge is -2.32. The molecule has 4 aromatic rings. The average Bonchev–Trinajstić information content (AvgIpc) is 3.19. The van der Waals surface area contributed by atoms with E-state index in [0.717, 1.165) is 57.1 Å². The molecule has 1 aliphatic rings. The average molecular weight is 578 g/mol. The number of hydrogen-bond donors (Lipinski definition) is 0. The van der Waals surface area contributed by atoms with Gasteiger partial charge in [0.05, 0.1) is 11.4 Å². The molecule has 0 amide bonds. The van der Waals surface area contributed by atoms with Crippen LogP contribution in [-0.2, 0) is 6.42 Å². The molecule has 5 rings (SSSR count). The summed E-state index contributed by atoms with van der Waals surface area (Å²) < 4.78 is 7.13. The van der Waals surface area contributed by atoms with Crippen LogP contribution < -0.4 is 9.80 Å². The molecule has 0 bridgehead atoms. The molecule has 1 unspecified atom stereocenters. The smallest absolute Gasteiger partial charge is 0.116 e. The van der Waals surface area contributed by atoms with Crippen molar-refractivity contribution in [1.29, 1.82) is 0 Å². The summed E-state index contributed by atoms with van der Waals surface area (Å²) >= 11 is 3.80. The minimum Gasteiger partial charge on any atom is -0.466 e. The van der Waals surface area contributed by atoms with Gasteiger partial charge in [0.2, 0.25) is 0 Å². The summed E-state index contributed by atoms with van der Waals surface area (Å²) in [5.74, 6) is 0.973. The van der Waals surface area contributed by atoms with Crippen molar-refractivity contribution >= 4 is 50.4 Å². The molecule has 0 N–H and O–H groups in total. The summed E-state index contributed by atoms with van der Waals surface area (Å²) in [5, 5.41) is 0. The summed E-state index contributed by atoms with van der Waals surface area (Å²) in [5.41, 5.74) is 6.49. The van der Waals surface area contributed by atoms with Crippen molar-refractivity contribution in [2.45, 2.75) is 32.7 Å². The lowest BCUT2D eigenvalue weighted by atomic mass is 10.1. The highest BCUT2D eigenvalue weighted by molar-refractivity contribution is 9.10. The van der Waals surface area contributed by atoms with Crippen molar-refractivity contribution in [3.8, 4) is 0 Å². The van der Waals surface area contributed by atoms with E-state index in [2.05, 4.69) is 161 Å². The highest BCUT2D eigenvalue weighted by Crippen LogP contribution is 2.42. The SMILES string of the molecule is CC/C=C\C=C/C(C)N(c1cccc(N(c2ccccc2)c2coc3c2C=CC=CC3)c1)c1ccccc1Br. The molecule has 4 heteroatoms. The van der Waals surface area contributed by atoms with E-state index >= 15 is 0 Å². The summed E-state index contributed by atoms with van der Waals surface area (Å²) in [7, 11) is 0. The van der Waals surface area contributed by atoms with Crippen molar-refractivity contribution < 1.29 is 4.42 Å². The van der Waals surface area contributed by atoms with Crippen LogP contribution in [0.2, 0.25) is 0 Å². The van der Waals surface area contributed by atoms with E-state index in [-0.39, 0.29) is 6.04 Å². The molecule has 3 aromatic carbocycles. The Hall–Kier alpha value is -4.02. The van der Waals surface area contributed by atoms with Gasteiger partial charge in [-0.2, -0.15) is 0 Å². The fourth-order valence-corrected chi connectivity index (χ4v) is 5.34. The first-order valence-electron chi connectivity index (χ1n) is 13.4. The maximum absolute atomic E-state index is 6.08. The zero-order valence-corrected chi connectivity index (χ0v) is 24.0. The molecule has 1 aliphatic carbocycles. The first-order chi connectivity index (χ1) is 19.2. The second kappa shape index (κ2) is 12.7. The molecule has 0 radical (unpaired) electrons. The van der Waals surface area contributed by atoms with Crippen LogP contribution in [0.15, 0.2) is 137 Å². The number of para-hydroxylation sites is 2. The monoisotopic (exact) mass is 576 g/mol. The van der Waals surface area contributed by atoms with Gasteiger partial charge < -0.3 is 14.2 Å². The Labute approximate surface area is 240 Å². The summed E-state index contributed by atoms with van der Waals surface area (Å²) in [6.07, 6.45) is 20.8. The Morgan fingerprint density at radius 2 is 1.64 bits per heavy atom. The number of halogens is 1. The van der Waals surface area contributed by atoms with Gasteiger partial charge in [-0.05, 0) is 77.8 Å². The van der Waals surface area contributed by atoms with Gasteiger partial charge in [0, 0.05) is 39.6 Å². The van der Waals surface area contributed by atoms with Crippen molar-refractivity contribution in [2.75, 3.05) is 9.80 Å². The normalized spacial score (nSPS) is 13.5. The Bertz CT molecular complexity index is 1510. The van der Waals surface area contributed by atoms with E-state index < -0.39 is 0 Å². The molecule has 39 heavy (non-hydrogen) atoms. The van der Waals surface area contributed by atoms with Gasteiger partial charge in [-0.1, -0.05) is 85.9 Å². The number of benzene rings is 3. The third kappa shape index (κ3) is 6.02. The van der Waals surface area contributed by atoms with Gasteiger partial charge in [0.15, 0.2) is 0 Å². The van der Waals surface area contributed by atoms with Crippen molar-refractivity contribution in [2.24, 2.45) is 0 Å². The van der Waals surface area contributed by atoms with Crippen LogP contribution in [-0.4, -0.2) is 6.04 Å². The number of fused-ring (bicyclic) bond motifs is 1. The van der Waals surface area contributed by atoms with Gasteiger partial charge in [-0.25, -0.2) is 0 Å². The standard InChI is InChI=1S/C35H33BrN2O/c1-3-4-5-8-16-27(2)37(33-23-14-13-22-32(33)36)29-19-15-20-30(25-29)38(28-17-9-6-10-18-28)34-26-39-35-24-12-7-11-21-31(34)35/h4-23,25-27H,3,24H2,1-2H3/b5-4-,16-8-. The molecule has 1 atom stereocenters. The van der Waals surface area contributed by atoms with Crippen molar-refractivity contribution in [3.63, 3.8) is 0 Å². The molecule has 1 aromatic heterocycles. The van der Waals surface area contributed by atoms with Crippen LogP contribution in [0.1, 0.15) is 31.6 Å². The molecule has 1 heterocycles. The lowest BCUT2D eigenvalue weighted by molar-refractivity contribution is 0.522. The second-order valence-electron chi connectivity index (χ2n) is 9.42.